The third kappa shape index (κ3) is 4.72. The molecular weight excluding hydrogens is 361 g/mol. The van der Waals surface area contributed by atoms with Crippen LogP contribution in [0.15, 0.2) is 46.9 Å². The van der Waals surface area contributed by atoms with E-state index in [4.69, 9.17) is 25.5 Å². The van der Waals surface area contributed by atoms with Gasteiger partial charge in [-0.2, -0.15) is 4.98 Å². The third-order valence-electron chi connectivity index (χ3n) is 3.00. The van der Waals surface area contributed by atoms with Gasteiger partial charge in [-0.3, -0.25) is 0 Å². The van der Waals surface area contributed by atoms with E-state index in [1.807, 2.05) is 0 Å². The molecule has 0 aliphatic carbocycles. The van der Waals surface area contributed by atoms with Crippen LogP contribution in [0.1, 0.15) is 6.92 Å². The van der Waals surface area contributed by atoms with E-state index >= 15 is 0 Å². The van der Waals surface area contributed by atoms with E-state index in [1.165, 1.54) is 6.92 Å². The summed E-state index contributed by atoms with van der Waals surface area (Å²) in [5, 5.41) is 11.2. The Morgan fingerprint density at radius 3 is 2.54 bits per heavy atom. The summed E-state index contributed by atoms with van der Waals surface area (Å²) in [7, 11) is 0. The number of benzene rings is 2. The molecule has 2 aromatic carbocycles. The van der Waals surface area contributed by atoms with Crippen molar-refractivity contribution in [1.82, 2.24) is 4.98 Å². The fourth-order valence-corrected chi connectivity index (χ4v) is 2.02. The van der Waals surface area contributed by atoms with Crippen molar-refractivity contribution in [2.75, 3.05) is 0 Å². The van der Waals surface area contributed by atoms with Crippen LogP contribution in [0, 0.1) is 0 Å². The predicted octanol–water partition coefficient (Wildman–Crippen LogP) is -0.205. The number of carbonyl (C=O) groups excluding carboxylic acids is 1. The second-order valence-electron chi connectivity index (χ2n) is 4.74. The Morgan fingerprint density at radius 1 is 1.21 bits per heavy atom. The zero-order chi connectivity index (χ0) is 16.4. The van der Waals surface area contributed by atoms with Crippen molar-refractivity contribution >= 4 is 28.7 Å². The van der Waals surface area contributed by atoms with Gasteiger partial charge in [0.15, 0.2) is 5.58 Å². The van der Waals surface area contributed by atoms with Crippen molar-refractivity contribution in [3.8, 4) is 17.6 Å². The second kappa shape index (κ2) is 8.33. The third-order valence-corrected chi connectivity index (χ3v) is 3.24. The number of hydrogen-bond acceptors (Lipinski definition) is 6. The molecule has 0 fully saturated rings. The average Bonchev–Trinajstić information content (AvgIpc) is 2.90. The fraction of sp³-hybridized carbons (Fsp3) is 0.125. The van der Waals surface area contributed by atoms with E-state index in [-0.39, 0.29) is 57.5 Å². The molecule has 0 aliphatic rings. The number of aromatic nitrogens is 1. The average molecular weight is 372 g/mol. The number of hydrogen-bond donors (Lipinski definition) is 0. The van der Waals surface area contributed by atoms with Crippen LogP contribution < -0.4 is 66.0 Å². The number of fused-ring (bicyclic) bond motifs is 1. The molecule has 0 amide bonds. The van der Waals surface area contributed by atoms with Gasteiger partial charge in [-0.1, -0.05) is 11.6 Å². The van der Waals surface area contributed by atoms with E-state index < -0.39 is 12.1 Å². The maximum atomic E-state index is 10.6. The fourth-order valence-electron chi connectivity index (χ4n) is 1.86. The normalized spacial score (nSPS) is 11.6. The second-order valence-corrected chi connectivity index (χ2v) is 5.18. The Labute approximate surface area is 185 Å². The quantitative estimate of drug-likeness (QED) is 0.577. The Kier molecular flexibility index (Phi) is 6.67. The summed E-state index contributed by atoms with van der Waals surface area (Å²) in [6.07, 6.45) is -0.956. The molecule has 0 saturated carbocycles. The van der Waals surface area contributed by atoms with Gasteiger partial charge in [-0.15, -0.1) is 0 Å². The van der Waals surface area contributed by atoms with Crippen LogP contribution in [0.5, 0.6) is 17.6 Å². The summed E-state index contributed by atoms with van der Waals surface area (Å²) in [6, 6.07) is 11.5. The van der Waals surface area contributed by atoms with Crippen molar-refractivity contribution in [2.24, 2.45) is 0 Å². The maximum Gasteiger partial charge on any atom is 1.00 e. The van der Waals surface area contributed by atoms with Crippen LogP contribution in [0.3, 0.4) is 0 Å². The van der Waals surface area contributed by atoms with Gasteiger partial charge in [-0.25, -0.2) is 0 Å². The summed E-state index contributed by atoms with van der Waals surface area (Å²) < 4.78 is 16.1. The van der Waals surface area contributed by atoms with Crippen LogP contribution in [-0.2, 0) is 4.79 Å². The minimum atomic E-state index is -1.28. The first-order chi connectivity index (χ1) is 11.0. The zero-order valence-corrected chi connectivity index (χ0v) is 16.9. The number of rotatable bonds is 5. The van der Waals surface area contributed by atoms with Gasteiger partial charge in [0.2, 0.25) is 0 Å². The number of carboxylic acid groups (broad SMARTS) is 1. The van der Waals surface area contributed by atoms with E-state index in [1.54, 1.807) is 42.5 Å². The molecule has 118 valence electrons. The molecule has 3 rings (SSSR count). The molecule has 6 nitrogen and oxygen atoms in total. The number of carboxylic acids is 1. The van der Waals surface area contributed by atoms with Gasteiger partial charge in [0, 0.05) is 11.1 Å². The summed E-state index contributed by atoms with van der Waals surface area (Å²) in [5.41, 5.74) is 1.15. The first-order valence-corrected chi connectivity index (χ1v) is 7.10. The van der Waals surface area contributed by atoms with Crippen LogP contribution in [0.4, 0.5) is 0 Å². The molecule has 3 aromatic rings. The molecule has 0 radical (unpaired) electrons. The molecule has 0 N–H and O–H groups in total. The molecular formula is C16H11ClKNO5. The summed E-state index contributed by atoms with van der Waals surface area (Å²) in [5.74, 6) is -0.426. The molecule has 0 bridgehead atoms. The monoisotopic (exact) mass is 371 g/mol. The van der Waals surface area contributed by atoms with Crippen LogP contribution in [-0.4, -0.2) is 17.1 Å². The van der Waals surface area contributed by atoms with E-state index in [0.717, 1.165) is 0 Å². The summed E-state index contributed by atoms with van der Waals surface area (Å²) >= 11 is 5.88. The topological polar surface area (TPSA) is 84.6 Å². The van der Waals surface area contributed by atoms with Crippen molar-refractivity contribution in [3.05, 3.63) is 47.5 Å². The molecule has 24 heavy (non-hydrogen) atoms. The molecule has 1 aromatic heterocycles. The van der Waals surface area contributed by atoms with Gasteiger partial charge in [-0.05, 0) is 43.3 Å². The largest absolute Gasteiger partial charge is 1.00 e. The number of carbonyl (C=O) groups is 1. The first kappa shape index (κ1) is 19.2. The number of oxazole rings is 1. The molecule has 1 atom stereocenters. The number of halogens is 1. The molecule has 1 unspecified atom stereocenters. The molecule has 0 aliphatic heterocycles. The van der Waals surface area contributed by atoms with E-state index in [9.17, 15) is 9.90 Å². The maximum absolute atomic E-state index is 10.6. The Balaban J connectivity index is 0.00000208. The zero-order valence-electron chi connectivity index (χ0n) is 13.0. The minimum Gasteiger partial charge on any atom is -0.546 e. The number of ether oxygens (including phenoxy) is 2. The Morgan fingerprint density at radius 2 is 1.88 bits per heavy atom. The summed E-state index contributed by atoms with van der Waals surface area (Å²) in [6.45, 7) is 1.39. The van der Waals surface area contributed by atoms with E-state index in [2.05, 4.69) is 4.98 Å². The Bertz CT molecular complexity index is 849. The van der Waals surface area contributed by atoms with Crippen LogP contribution in [0.25, 0.3) is 11.1 Å². The van der Waals surface area contributed by atoms with Gasteiger partial charge >= 0.3 is 57.5 Å². The van der Waals surface area contributed by atoms with Crippen molar-refractivity contribution in [2.45, 2.75) is 13.0 Å². The molecule has 0 saturated heterocycles. The molecule has 8 heteroatoms. The minimum absolute atomic E-state index is 0. The predicted molar refractivity (Wildman–Crippen MR) is 80.6 cm³/mol. The first-order valence-electron chi connectivity index (χ1n) is 6.73. The summed E-state index contributed by atoms with van der Waals surface area (Å²) in [4.78, 5) is 14.8. The Hall–Kier alpha value is -1.09. The van der Waals surface area contributed by atoms with E-state index in [0.29, 0.717) is 27.6 Å². The van der Waals surface area contributed by atoms with Gasteiger partial charge in [0.25, 0.3) is 0 Å². The van der Waals surface area contributed by atoms with Crippen molar-refractivity contribution < 1.29 is 75.2 Å². The van der Waals surface area contributed by atoms with Crippen LogP contribution in [0.2, 0.25) is 5.02 Å². The van der Waals surface area contributed by atoms with Crippen molar-refractivity contribution in [3.63, 3.8) is 0 Å². The molecule has 1 heterocycles. The van der Waals surface area contributed by atoms with Crippen molar-refractivity contribution in [1.29, 1.82) is 0 Å². The van der Waals surface area contributed by atoms with Gasteiger partial charge in [0.1, 0.15) is 23.1 Å². The molecule has 0 spiro atoms. The SMILES string of the molecule is CC(Oc1ccc(Oc2nc3ccc(Cl)cc3o2)cc1)C(=O)[O-].[K+]. The number of nitrogens with zero attached hydrogens (tertiary/aromatic N) is 1. The van der Waals surface area contributed by atoms with Gasteiger partial charge < -0.3 is 23.8 Å². The van der Waals surface area contributed by atoms with Gasteiger partial charge in [0.05, 0.1) is 5.97 Å². The van der Waals surface area contributed by atoms with Crippen LogP contribution >= 0.6 is 11.6 Å². The number of aliphatic carboxylic acids is 1. The standard InChI is InChI=1S/C16H12ClNO5.K/c1-9(15(19)20)21-11-3-5-12(6-4-11)22-16-18-13-7-2-10(17)8-14(13)23-16;/h2-9H,1H3,(H,19,20);/q;+1/p-1. The smallest absolute Gasteiger partial charge is 0.546 e.